The Bertz CT molecular complexity index is 467. The van der Waals surface area contributed by atoms with Gasteiger partial charge in [-0.3, -0.25) is 0 Å². The predicted octanol–water partition coefficient (Wildman–Crippen LogP) is 2.25. The summed E-state index contributed by atoms with van der Waals surface area (Å²) in [5, 5.41) is 12.6. The van der Waals surface area contributed by atoms with E-state index in [-0.39, 0.29) is 0 Å². The Morgan fingerprint density at radius 1 is 1.33 bits per heavy atom. The summed E-state index contributed by atoms with van der Waals surface area (Å²) in [6, 6.07) is 4.92. The van der Waals surface area contributed by atoms with Crippen LogP contribution in [0.5, 0.6) is 0 Å². The maximum Gasteiger partial charge on any atom is 0.144 e. The maximum absolute atomic E-state index is 9.21. The maximum atomic E-state index is 9.21. The number of aromatic nitrogens is 1. The molecule has 3 N–H and O–H groups in total. The molecule has 1 aliphatic rings. The second-order valence-electron chi connectivity index (χ2n) is 5.17. The molecule has 1 aromatic heterocycles. The van der Waals surface area contributed by atoms with Crippen molar-refractivity contribution >= 4 is 5.82 Å². The van der Waals surface area contributed by atoms with Gasteiger partial charge < -0.3 is 11.1 Å². The number of nitrogens with two attached hydrogens (primary N) is 1. The van der Waals surface area contributed by atoms with E-state index >= 15 is 0 Å². The molecule has 0 amide bonds. The first-order chi connectivity index (χ1) is 8.60. The molecule has 96 valence electrons. The van der Waals surface area contributed by atoms with Gasteiger partial charge in [-0.1, -0.05) is 0 Å². The summed E-state index contributed by atoms with van der Waals surface area (Å²) in [5.74, 6) is 0.732. The number of aryl methyl sites for hydroxylation is 2. The standard InChI is InChI=1S/C14H20N4/c1-9-7-10(2)17-14(13(9)8-15)18-12-5-3-11(16)4-6-12/h7,11-12H,3-6,16H2,1-2H3,(H,17,18). The minimum Gasteiger partial charge on any atom is -0.366 e. The Kier molecular flexibility index (Phi) is 3.83. The molecule has 2 rings (SSSR count). The van der Waals surface area contributed by atoms with Gasteiger partial charge in [0.05, 0.1) is 5.56 Å². The Labute approximate surface area is 108 Å². The van der Waals surface area contributed by atoms with Crippen LogP contribution < -0.4 is 11.1 Å². The van der Waals surface area contributed by atoms with Crippen molar-refractivity contribution in [3.63, 3.8) is 0 Å². The SMILES string of the molecule is Cc1cc(C)c(C#N)c(NC2CCC(N)CC2)n1. The van der Waals surface area contributed by atoms with E-state index in [4.69, 9.17) is 5.73 Å². The smallest absolute Gasteiger partial charge is 0.144 e. The van der Waals surface area contributed by atoms with Crippen LogP contribution in [0.3, 0.4) is 0 Å². The van der Waals surface area contributed by atoms with Crippen molar-refractivity contribution in [2.45, 2.75) is 51.6 Å². The second kappa shape index (κ2) is 5.36. The molecule has 0 unspecified atom stereocenters. The Morgan fingerprint density at radius 3 is 2.61 bits per heavy atom. The van der Waals surface area contributed by atoms with Crippen LogP contribution in [-0.4, -0.2) is 17.1 Å². The number of pyridine rings is 1. The Balaban J connectivity index is 2.16. The van der Waals surface area contributed by atoms with E-state index in [0.29, 0.717) is 17.6 Å². The van der Waals surface area contributed by atoms with Gasteiger partial charge >= 0.3 is 0 Å². The van der Waals surface area contributed by atoms with Gasteiger partial charge in [-0.05, 0) is 51.2 Å². The van der Waals surface area contributed by atoms with Crippen molar-refractivity contribution < 1.29 is 0 Å². The largest absolute Gasteiger partial charge is 0.366 e. The highest BCUT2D eigenvalue weighted by Crippen LogP contribution is 2.24. The molecule has 0 spiro atoms. The molecular formula is C14H20N4. The quantitative estimate of drug-likeness (QED) is 0.836. The van der Waals surface area contributed by atoms with Crippen molar-refractivity contribution in [2.24, 2.45) is 5.73 Å². The molecule has 1 fully saturated rings. The van der Waals surface area contributed by atoms with E-state index in [1.807, 2.05) is 19.9 Å². The number of anilines is 1. The van der Waals surface area contributed by atoms with E-state index in [1.54, 1.807) is 0 Å². The highest BCUT2D eigenvalue weighted by Gasteiger charge is 2.20. The minimum atomic E-state index is 0.339. The van der Waals surface area contributed by atoms with Crippen LogP contribution in [0, 0.1) is 25.2 Å². The van der Waals surface area contributed by atoms with E-state index in [0.717, 1.165) is 42.8 Å². The van der Waals surface area contributed by atoms with Crippen LogP contribution in [-0.2, 0) is 0 Å². The molecule has 1 aromatic rings. The zero-order chi connectivity index (χ0) is 13.1. The first kappa shape index (κ1) is 12.8. The van der Waals surface area contributed by atoms with E-state index in [1.165, 1.54) is 0 Å². The van der Waals surface area contributed by atoms with Gasteiger partial charge in [0.25, 0.3) is 0 Å². The van der Waals surface area contributed by atoms with Crippen molar-refractivity contribution in [3.05, 3.63) is 22.9 Å². The fourth-order valence-electron chi connectivity index (χ4n) is 2.54. The molecule has 1 aliphatic carbocycles. The molecule has 0 aliphatic heterocycles. The highest BCUT2D eigenvalue weighted by atomic mass is 15.0. The lowest BCUT2D eigenvalue weighted by molar-refractivity contribution is 0.410. The number of nitrogens with zero attached hydrogens (tertiary/aromatic N) is 2. The van der Waals surface area contributed by atoms with E-state index in [2.05, 4.69) is 16.4 Å². The average molecular weight is 244 g/mol. The van der Waals surface area contributed by atoms with E-state index in [9.17, 15) is 5.26 Å². The monoisotopic (exact) mass is 244 g/mol. The summed E-state index contributed by atoms with van der Waals surface area (Å²) in [5.41, 5.74) is 8.49. The third-order valence-electron chi connectivity index (χ3n) is 3.57. The summed E-state index contributed by atoms with van der Waals surface area (Å²) in [4.78, 5) is 4.45. The molecular weight excluding hydrogens is 224 g/mol. The third-order valence-corrected chi connectivity index (χ3v) is 3.57. The van der Waals surface area contributed by atoms with Gasteiger partial charge in [0.2, 0.25) is 0 Å². The summed E-state index contributed by atoms with van der Waals surface area (Å²) in [7, 11) is 0. The van der Waals surface area contributed by atoms with Gasteiger partial charge in [-0.2, -0.15) is 5.26 Å². The first-order valence-corrected chi connectivity index (χ1v) is 6.50. The van der Waals surface area contributed by atoms with Crippen molar-refractivity contribution in [2.75, 3.05) is 5.32 Å². The molecule has 4 heteroatoms. The Hall–Kier alpha value is -1.60. The van der Waals surface area contributed by atoms with Gasteiger partial charge in [0.15, 0.2) is 0 Å². The third kappa shape index (κ3) is 2.80. The normalized spacial score (nSPS) is 23.4. The molecule has 0 saturated heterocycles. The lowest BCUT2D eigenvalue weighted by Gasteiger charge is -2.27. The lowest BCUT2D eigenvalue weighted by atomic mass is 9.91. The zero-order valence-corrected chi connectivity index (χ0v) is 11.0. The van der Waals surface area contributed by atoms with Crippen LogP contribution in [0.15, 0.2) is 6.07 Å². The van der Waals surface area contributed by atoms with Gasteiger partial charge in [0, 0.05) is 17.8 Å². The van der Waals surface area contributed by atoms with Crippen LogP contribution in [0.2, 0.25) is 0 Å². The second-order valence-corrected chi connectivity index (χ2v) is 5.17. The fraction of sp³-hybridized carbons (Fsp3) is 0.571. The van der Waals surface area contributed by atoms with Crippen LogP contribution >= 0.6 is 0 Å². The summed E-state index contributed by atoms with van der Waals surface area (Å²) < 4.78 is 0. The number of hydrogen-bond acceptors (Lipinski definition) is 4. The zero-order valence-electron chi connectivity index (χ0n) is 11.0. The number of rotatable bonds is 2. The average Bonchev–Trinajstić information content (AvgIpc) is 2.32. The molecule has 1 saturated carbocycles. The number of nitrogens with one attached hydrogen (secondary N) is 1. The molecule has 0 aromatic carbocycles. The fourth-order valence-corrected chi connectivity index (χ4v) is 2.54. The van der Waals surface area contributed by atoms with Crippen LogP contribution in [0.4, 0.5) is 5.82 Å². The summed E-state index contributed by atoms with van der Waals surface area (Å²) >= 11 is 0. The van der Waals surface area contributed by atoms with Gasteiger partial charge in [-0.15, -0.1) is 0 Å². The Morgan fingerprint density at radius 2 is 2.00 bits per heavy atom. The summed E-state index contributed by atoms with van der Waals surface area (Å²) in [6.07, 6.45) is 4.20. The topological polar surface area (TPSA) is 74.7 Å². The highest BCUT2D eigenvalue weighted by molar-refractivity contribution is 5.56. The van der Waals surface area contributed by atoms with Gasteiger partial charge in [-0.25, -0.2) is 4.98 Å². The summed E-state index contributed by atoms with van der Waals surface area (Å²) in [6.45, 7) is 3.91. The first-order valence-electron chi connectivity index (χ1n) is 6.50. The molecule has 1 heterocycles. The van der Waals surface area contributed by atoms with Crippen molar-refractivity contribution in [3.8, 4) is 6.07 Å². The molecule has 18 heavy (non-hydrogen) atoms. The minimum absolute atomic E-state index is 0.339. The number of hydrogen-bond donors (Lipinski definition) is 2. The molecule has 0 radical (unpaired) electrons. The predicted molar refractivity (Wildman–Crippen MR) is 72.3 cm³/mol. The molecule has 4 nitrogen and oxygen atoms in total. The number of nitriles is 1. The van der Waals surface area contributed by atoms with Crippen LogP contribution in [0.1, 0.15) is 42.5 Å². The lowest BCUT2D eigenvalue weighted by Crippen LogP contribution is -2.33. The van der Waals surface area contributed by atoms with Crippen molar-refractivity contribution in [1.29, 1.82) is 5.26 Å². The molecule has 0 bridgehead atoms. The van der Waals surface area contributed by atoms with Crippen LogP contribution in [0.25, 0.3) is 0 Å². The molecule has 0 atom stereocenters. The van der Waals surface area contributed by atoms with E-state index < -0.39 is 0 Å². The van der Waals surface area contributed by atoms with Gasteiger partial charge in [0.1, 0.15) is 11.9 Å². The van der Waals surface area contributed by atoms with Crippen molar-refractivity contribution in [1.82, 2.24) is 4.98 Å².